The molecule has 3 heterocycles. The molecular formula is C15H16ClN5O. The standard InChI is InChI=1S/C15H16ClN5O/c1-8-6-17-14(18-8)10(3)20-15(22)13-9(2)19-12-5-4-11(16)7-21(12)13/h4-7,10H,1-3H3,(H,17,18)(H,20,22). The molecule has 0 aliphatic rings. The first kappa shape index (κ1) is 14.6. The van der Waals surface area contributed by atoms with E-state index in [1.807, 2.05) is 13.8 Å². The van der Waals surface area contributed by atoms with Gasteiger partial charge in [0.15, 0.2) is 0 Å². The van der Waals surface area contributed by atoms with Crippen LogP contribution in [0.25, 0.3) is 5.65 Å². The van der Waals surface area contributed by atoms with Crippen molar-refractivity contribution in [1.82, 2.24) is 24.7 Å². The highest BCUT2D eigenvalue weighted by atomic mass is 35.5. The fourth-order valence-corrected chi connectivity index (χ4v) is 2.56. The summed E-state index contributed by atoms with van der Waals surface area (Å²) in [4.78, 5) is 24.3. The number of aryl methyl sites for hydroxylation is 2. The maximum absolute atomic E-state index is 12.6. The summed E-state index contributed by atoms with van der Waals surface area (Å²) in [6.07, 6.45) is 3.42. The lowest BCUT2D eigenvalue weighted by Gasteiger charge is -2.12. The first-order valence-electron chi connectivity index (χ1n) is 6.92. The van der Waals surface area contributed by atoms with Crippen molar-refractivity contribution in [3.8, 4) is 0 Å². The molecule has 3 aromatic heterocycles. The van der Waals surface area contributed by atoms with E-state index in [2.05, 4.69) is 20.3 Å². The lowest BCUT2D eigenvalue weighted by Crippen LogP contribution is -2.29. The number of nitrogens with zero attached hydrogens (tertiary/aromatic N) is 3. The molecule has 0 saturated heterocycles. The van der Waals surface area contributed by atoms with Crippen molar-refractivity contribution >= 4 is 23.2 Å². The zero-order valence-corrected chi connectivity index (χ0v) is 13.3. The summed E-state index contributed by atoms with van der Waals surface area (Å²) in [6.45, 7) is 5.60. The van der Waals surface area contributed by atoms with Crippen LogP contribution in [0.4, 0.5) is 0 Å². The smallest absolute Gasteiger partial charge is 0.270 e. The number of imidazole rings is 2. The summed E-state index contributed by atoms with van der Waals surface area (Å²) in [5.41, 5.74) is 2.78. The van der Waals surface area contributed by atoms with Crippen molar-refractivity contribution < 1.29 is 4.79 Å². The van der Waals surface area contributed by atoms with Crippen LogP contribution in [0.3, 0.4) is 0 Å². The Kier molecular flexibility index (Phi) is 3.62. The van der Waals surface area contributed by atoms with E-state index in [0.29, 0.717) is 22.1 Å². The molecule has 0 fully saturated rings. The van der Waals surface area contributed by atoms with Crippen molar-refractivity contribution in [3.05, 3.63) is 52.5 Å². The number of pyridine rings is 1. The second-order valence-electron chi connectivity index (χ2n) is 5.27. The summed E-state index contributed by atoms with van der Waals surface area (Å²) in [7, 11) is 0. The SMILES string of the molecule is Cc1cnc(C(C)NC(=O)c2c(C)nc3ccc(Cl)cn23)[nH]1. The van der Waals surface area contributed by atoms with Crippen LogP contribution in [0.1, 0.15) is 40.7 Å². The van der Waals surface area contributed by atoms with Gasteiger partial charge >= 0.3 is 0 Å². The highest BCUT2D eigenvalue weighted by molar-refractivity contribution is 6.30. The average molecular weight is 318 g/mol. The number of rotatable bonds is 3. The Hall–Kier alpha value is -2.34. The predicted octanol–water partition coefficient (Wildman–Crippen LogP) is 2.82. The molecule has 0 aliphatic heterocycles. The minimum Gasteiger partial charge on any atom is -0.344 e. The molecular weight excluding hydrogens is 302 g/mol. The van der Waals surface area contributed by atoms with E-state index < -0.39 is 0 Å². The van der Waals surface area contributed by atoms with Gasteiger partial charge in [-0.2, -0.15) is 0 Å². The third kappa shape index (κ3) is 2.57. The van der Waals surface area contributed by atoms with Gasteiger partial charge in [-0.25, -0.2) is 9.97 Å². The Morgan fingerprint density at radius 1 is 1.41 bits per heavy atom. The van der Waals surface area contributed by atoms with Crippen LogP contribution in [-0.4, -0.2) is 25.3 Å². The van der Waals surface area contributed by atoms with Crippen LogP contribution in [0.2, 0.25) is 5.02 Å². The normalized spacial score (nSPS) is 12.5. The van der Waals surface area contributed by atoms with E-state index in [1.54, 1.807) is 35.9 Å². The van der Waals surface area contributed by atoms with Crippen molar-refractivity contribution in [2.45, 2.75) is 26.8 Å². The number of nitrogens with one attached hydrogen (secondary N) is 2. The maximum atomic E-state index is 12.6. The summed E-state index contributed by atoms with van der Waals surface area (Å²) in [5, 5.41) is 3.48. The van der Waals surface area contributed by atoms with E-state index >= 15 is 0 Å². The minimum atomic E-state index is -0.231. The van der Waals surface area contributed by atoms with Crippen LogP contribution >= 0.6 is 11.6 Å². The number of aromatic amines is 1. The number of carbonyl (C=O) groups is 1. The van der Waals surface area contributed by atoms with Gasteiger partial charge in [0.25, 0.3) is 5.91 Å². The summed E-state index contributed by atoms with van der Waals surface area (Å²) in [5.74, 6) is 0.504. The molecule has 2 N–H and O–H groups in total. The van der Waals surface area contributed by atoms with Gasteiger partial charge in [-0.15, -0.1) is 0 Å². The maximum Gasteiger partial charge on any atom is 0.270 e. The summed E-state index contributed by atoms with van der Waals surface area (Å²) >= 11 is 6.01. The fourth-order valence-electron chi connectivity index (χ4n) is 2.40. The minimum absolute atomic E-state index is 0.214. The highest BCUT2D eigenvalue weighted by Crippen LogP contribution is 2.17. The van der Waals surface area contributed by atoms with Gasteiger partial charge in [0.1, 0.15) is 17.2 Å². The number of aromatic nitrogens is 4. The van der Waals surface area contributed by atoms with Crippen molar-refractivity contribution in [2.24, 2.45) is 0 Å². The zero-order valence-electron chi connectivity index (χ0n) is 12.5. The Labute approximate surface area is 132 Å². The highest BCUT2D eigenvalue weighted by Gasteiger charge is 2.20. The second kappa shape index (κ2) is 5.46. The molecule has 6 nitrogen and oxygen atoms in total. The van der Waals surface area contributed by atoms with E-state index in [-0.39, 0.29) is 11.9 Å². The first-order valence-corrected chi connectivity index (χ1v) is 7.30. The van der Waals surface area contributed by atoms with Gasteiger partial charge in [0, 0.05) is 18.1 Å². The van der Waals surface area contributed by atoms with E-state index in [0.717, 1.165) is 11.5 Å². The molecule has 1 unspecified atom stereocenters. The molecule has 3 rings (SSSR count). The second-order valence-corrected chi connectivity index (χ2v) is 5.70. The summed E-state index contributed by atoms with van der Waals surface area (Å²) < 4.78 is 1.70. The van der Waals surface area contributed by atoms with Gasteiger partial charge < -0.3 is 10.3 Å². The number of hydrogen-bond donors (Lipinski definition) is 2. The quantitative estimate of drug-likeness (QED) is 0.780. The number of halogens is 1. The largest absolute Gasteiger partial charge is 0.344 e. The Morgan fingerprint density at radius 3 is 2.86 bits per heavy atom. The monoisotopic (exact) mass is 317 g/mol. The van der Waals surface area contributed by atoms with Gasteiger partial charge in [-0.05, 0) is 32.9 Å². The first-order chi connectivity index (χ1) is 10.5. The zero-order chi connectivity index (χ0) is 15.9. The third-order valence-electron chi connectivity index (χ3n) is 3.45. The van der Waals surface area contributed by atoms with Gasteiger partial charge in [0.05, 0.1) is 16.8 Å². The van der Waals surface area contributed by atoms with Crippen molar-refractivity contribution in [1.29, 1.82) is 0 Å². The molecule has 1 amide bonds. The van der Waals surface area contributed by atoms with Crippen LogP contribution in [0.5, 0.6) is 0 Å². The lowest BCUT2D eigenvalue weighted by atomic mass is 10.2. The molecule has 3 aromatic rings. The predicted molar refractivity (Wildman–Crippen MR) is 84.1 cm³/mol. The molecule has 0 saturated carbocycles. The fraction of sp³-hybridized carbons (Fsp3) is 0.267. The van der Waals surface area contributed by atoms with Crippen LogP contribution in [-0.2, 0) is 0 Å². The number of H-pyrrole nitrogens is 1. The van der Waals surface area contributed by atoms with Crippen LogP contribution in [0, 0.1) is 13.8 Å². The van der Waals surface area contributed by atoms with Crippen molar-refractivity contribution in [3.63, 3.8) is 0 Å². The Morgan fingerprint density at radius 2 is 2.18 bits per heavy atom. The molecule has 0 spiro atoms. The Balaban J connectivity index is 1.92. The van der Waals surface area contributed by atoms with Gasteiger partial charge in [0.2, 0.25) is 0 Å². The molecule has 7 heteroatoms. The number of fused-ring (bicyclic) bond motifs is 1. The summed E-state index contributed by atoms with van der Waals surface area (Å²) in [6, 6.07) is 3.30. The van der Waals surface area contributed by atoms with E-state index in [9.17, 15) is 4.79 Å². The van der Waals surface area contributed by atoms with E-state index in [1.165, 1.54) is 0 Å². The third-order valence-corrected chi connectivity index (χ3v) is 3.68. The number of carbonyl (C=O) groups excluding carboxylic acids is 1. The molecule has 114 valence electrons. The molecule has 1 atom stereocenters. The van der Waals surface area contributed by atoms with E-state index in [4.69, 9.17) is 11.6 Å². The average Bonchev–Trinajstić information content (AvgIpc) is 3.01. The van der Waals surface area contributed by atoms with Gasteiger partial charge in [-0.3, -0.25) is 9.20 Å². The topological polar surface area (TPSA) is 75.1 Å². The van der Waals surface area contributed by atoms with Gasteiger partial charge in [-0.1, -0.05) is 11.6 Å². The molecule has 0 aromatic carbocycles. The molecule has 0 bridgehead atoms. The molecule has 0 aliphatic carbocycles. The number of amides is 1. The lowest BCUT2D eigenvalue weighted by molar-refractivity contribution is 0.0932. The van der Waals surface area contributed by atoms with Crippen molar-refractivity contribution in [2.75, 3.05) is 0 Å². The number of hydrogen-bond acceptors (Lipinski definition) is 3. The Bertz CT molecular complexity index is 851. The van der Waals surface area contributed by atoms with Crippen LogP contribution in [0.15, 0.2) is 24.5 Å². The van der Waals surface area contributed by atoms with Crippen LogP contribution < -0.4 is 5.32 Å². The molecule has 0 radical (unpaired) electrons. The molecule has 22 heavy (non-hydrogen) atoms.